The molecule has 7 heteroatoms. The second kappa shape index (κ2) is 7.70. The van der Waals surface area contributed by atoms with E-state index >= 15 is 0 Å². The van der Waals surface area contributed by atoms with Crippen LogP contribution in [0.1, 0.15) is 11.5 Å². The summed E-state index contributed by atoms with van der Waals surface area (Å²) in [5.74, 6) is -0.239. The summed E-state index contributed by atoms with van der Waals surface area (Å²) in [4.78, 5) is 0. The molecule has 0 fully saturated rings. The molecule has 2 aromatic rings. The summed E-state index contributed by atoms with van der Waals surface area (Å²) in [6.45, 7) is 0.476. The molecule has 0 aliphatic heterocycles. The van der Waals surface area contributed by atoms with Crippen LogP contribution in [-0.2, 0) is 12.3 Å². The van der Waals surface area contributed by atoms with Crippen molar-refractivity contribution in [2.45, 2.75) is 18.1 Å². The van der Waals surface area contributed by atoms with Gasteiger partial charge in [-0.05, 0) is 40.2 Å². The molecule has 114 valence electrons. The number of hydrogen-bond acceptors (Lipinski definition) is 4. The Hall–Kier alpha value is -1.21. The molecule has 21 heavy (non-hydrogen) atoms. The summed E-state index contributed by atoms with van der Waals surface area (Å²) in [6.07, 6.45) is 0. The van der Waals surface area contributed by atoms with Gasteiger partial charge < -0.3 is 14.5 Å². The molecule has 2 rings (SSSR count). The van der Waals surface area contributed by atoms with Crippen LogP contribution in [0.3, 0.4) is 0 Å². The molecule has 1 heterocycles. The molecule has 0 saturated carbocycles. The molecule has 0 amide bonds. The van der Waals surface area contributed by atoms with Gasteiger partial charge in [0.25, 0.3) is 5.76 Å². The molecular weight excluding hydrogens is 364 g/mol. The maximum absolute atomic E-state index is 12.1. The van der Waals surface area contributed by atoms with E-state index in [-0.39, 0.29) is 5.75 Å². The van der Waals surface area contributed by atoms with E-state index in [4.69, 9.17) is 9.15 Å². The second-order valence-corrected chi connectivity index (χ2v) is 5.98. The number of benzene rings is 1. The second-order valence-electron chi connectivity index (χ2n) is 4.14. The first kappa shape index (κ1) is 16.2. The average Bonchev–Trinajstić information content (AvgIpc) is 2.92. The lowest BCUT2D eigenvalue weighted by Crippen LogP contribution is -1.98. The maximum Gasteiger partial charge on any atom is 0.284 e. The zero-order valence-electron chi connectivity index (χ0n) is 11.2. The van der Waals surface area contributed by atoms with Crippen LogP contribution < -0.4 is 10.1 Å². The highest BCUT2D eigenvalue weighted by molar-refractivity contribution is 9.10. The molecule has 0 saturated heterocycles. The number of thioether (sulfide) groups is 1. The van der Waals surface area contributed by atoms with Crippen molar-refractivity contribution in [3.63, 3.8) is 0 Å². The third-order valence-corrected chi connectivity index (χ3v) is 4.05. The van der Waals surface area contributed by atoms with Gasteiger partial charge in [0.15, 0.2) is 0 Å². The third-order valence-electron chi connectivity index (χ3n) is 2.69. The fraction of sp³-hybridized carbons (Fsp3) is 0.286. The van der Waals surface area contributed by atoms with E-state index < -0.39 is 5.76 Å². The van der Waals surface area contributed by atoms with Crippen molar-refractivity contribution in [1.82, 2.24) is 0 Å². The quantitative estimate of drug-likeness (QED) is 0.726. The predicted octanol–water partition coefficient (Wildman–Crippen LogP) is 5.12. The Morgan fingerprint density at radius 2 is 2.05 bits per heavy atom. The van der Waals surface area contributed by atoms with Crippen LogP contribution in [0.25, 0.3) is 0 Å². The van der Waals surface area contributed by atoms with Crippen LogP contribution in [0.15, 0.2) is 39.2 Å². The maximum atomic E-state index is 12.1. The van der Waals surface area contributed by atoms with Crippen LogP contribution in [0, 0.1) is 0 Å². The Kier molecular flexibility index (Phi) is 5.93. The van der Waals surface area contributed by atoms with Gasteiger partial charge >= 0.3 is 0 Å². The van der Waals surface area contributed by atoms with E-state index in [1.165, 1.54) is 0 Å². The number of hydrogen-bond donors (Lipinski definition) is 1. The minimum absolute atomic E-state index is 0.170. The molecule has 1 aromatic carbocycles. The summed E-state index contributed by atoms with van der Waals surface area (Å²) in [6, 6.07) is 9.15. The molecule has 0 unspecified atom stereocenters. The number of alkyl halides is 2. The van der Waals surface area contributed by atoms with Crippen LogP contribution in [0.4, 0.5) is 14.5 Å². The van der Waals surface area contributed by atoms with Crippen LogP contribution in [-0.4, -0.2) is 12.9 Å². The minimum Gasteiger partial charge on any atom is -0.495 e. The van der Waals surface area contributed by atoms with E-state index in [1.54, 1.807) is 19.2 Å². The lowest BCUT2D eigenvalue weighted by molar-refractivity contribution is 0.251. The zero-order chi connectivity index (χ0) is 15.2. The predicted molar refractivity (Wildman–Crippen MR) is 84.0 cm³/mol. The number of furan rings is 1. The molecule has 1 aromatic heterocycles. The molecule has 0 atom stereocenters. The highest BCUT2D eigenvalue weighted by Crippen LogP contribution is 2.28. The molecule has 1 N–H and O–H groups in total. The van der Waals surface area contributed by atoms with Crippen molar-refractivity contribution < 1.29 is 17.9 Å². The summed E-state index contributed by atoms with van der Waals surface area (Å²) in [7, 11) is 1.60. The van der Waals surface area contributed by atoms with Crippen molar-refractivity contribution in [2.24, 2.45) is 0 Å². The van der Waals surface area contributed by atoms with Gasteiger partial charge in [-0.2, -0.15) is 8.78 Å². The van der Waals surface area contributed by atoms with Gasteiger partial charge in [0.2, 0.25) is 0 Å². The van der Waals surface area contributed by atoms with Gasteiger partial charge in [0.1, 0.15) is 17.3 Å². The molecule has 0 spiro atoms. The fourth-order valence-electron chi connectivity index (χ4n) is 1.70. The first-order valence-corrected chi connectivity index (χ1v) is 7.97. The fourth-order valence-corrected chi connectivity index (χ4v) is 2.55. The lowest BCUT2D eigenvalue weighted by atomic mass is 10.3. The molecule has 0 aliphatic carbocycles. The highest BCUT2D eigenvalue weighted by atomic mass is 79.9. The van der Waals surface area contributed by atoms with Crippen molar-refractivity contribution in [1.29, 1.82) is 0 Å². The number of halogens is 3. The molecule has 0 radical (unpaired) electrons. The number of anilines is 1. The van der Waals surface area contributed by atoms with Crippen molar-refractivity contribution >= 4 is 33.4 Å². The Morgan fingerprint density at radius 3 is 2.76 bits per heavy atom. The van der Waals surface area contributed by atoms with Crippen molar-refractivity contribution in [3.05, 3.63) is 46.3 Å². The summed E-state index contributed by atoms with van der Waals surface area (Å²) < 4.78 is 35.8. The number of nitrogens with one attached hydrogen (secondary N) is 1. The van der Waals surface area contributed by atoms with Gasteiger partial charge in [-0.25, -0.2) is 0 Å². The van der Waals surface area contributed by atoms with Gasteiger partial charge in [-0.15, -0.1) is 0 Å². The average molecular weight is 378 g/mol. The summed E-state index contributed by atoms with van der Waals surface area (Å²) in [5, 5.41) is 3.19. The Balaban J connectivity index is 1.91. The van der Waals surface area contributed by atoms with Crippen molar-refractivity contribution in [2.75, 3.05) is 12.4 Å². The van der Waals surface area contributed by atoms with Gasteiger partial charge in [-0.1, -0.05) is 11.8 Å². The van der Waals surface area contributed by atoms with Gasteiger partial charge in [-0.3, -0.25) is 0 Å². The van der Waals surface area contributed by atoms with Crippen molar-refractivity contribution in [3.8, 4) is 5.75 Å². The molecule has 0 aliphatic rings. The largest absolute Gasteiger partial charge is 0.495 e. The summed E-state index contributed by atoms with van der Waals surface area (Å²) >= 11 is 3.93. The minimum atomic E-state index is -2.38. The number of ether oxygens (including phenoxy) is 1. The summed E-state index contributed by atoms with van der Waals surface area (Å²) in [5.41, 5.74) is 0.884. The van der Waals surface area contributed by atoms with E-state index in [9.17, 15) is 8.78 Å². The Bertz CT molecular complexity index is 592. The Labute approximate surface area is 134 Å². The van der Waals surface area contributed by atoms with E-state index in [0.29, 0.717) is 29.8 Å². The molecular formula is C14H14BrF2NO2S. The third kappa shape index (κ3) is 4.93. The normalized spacial score (nSPS) is 10.9. The van der Waals surface area contributed by atoms with E-state index in [0.717, 1.165) is 15.9 Å². The van der Waals surface area contributed by atoms with Crippen LogP contribution >= 0.6 is 27.7 Å². The van der Waals surface area contributed by atoms with Crippen LogP contribution in [0.5, 0.6) is 5.75 Å². The smallest absolute Gasteiger partial charge is 0.284 e. The number of rotatable bonds is 7. The first-order chi connectivity index (χ1) is 10.1. The van der Waals surface area contributed by atoms with Crippen LogP contribution in [0.2, 0.25) is 0 Å². The van der Waals surface area contributed by atoms with Gasteiger partial charge in [0, 0.05) is 11.8 Å². The SMILES string of the molecule is COc1cc(NCc2ccc(CSC(F)F)o2)ccc1Br. The zero-order valence-corrected chi connectivity index (χ0v) is 13.6. The first-order valence-electron chi connectivity index (χ1n) is 6.13. The standard InChI is InChI=1S/C14H14BrF2NO2S/c1-19-13-6-9(2-5-12(13)15)18-7-10-3-4-11(20-10)8-21-14(16)17/h2-6,14,18H,7-8H2,1H3. The monoisotopic (exact) mass is 377 g/mol. The highest BCUT2D eigenvalue weighted by Gasteiger charge is 2.08. The lowest BCUT2D eigenvalue weighted by Gasteiger charge is -2.08. The Morgan fingerprint density at radius 1 is 1.29 bits per heavy atom. The van der Waals surface area contributed by atoms with E-state index in [1.807, 2.05) is 18.2 Å². The number of methoxy groups -OCH3 is 1. The molecule has 0 bridgehead atoms. The van der Waals surface area contributed by atoms with E-state index in [2.05, 4.69) is 21.2 Å². The van der Waals surface area contributed by atoms with Gasteiger partial charge in [0.05, 0.1) is 23.9 Å². The topological polar surface area (TPSA) is 34.4 Å². The molecule has 3 nitrogen and oxygen atoms in total.